The van der Waals surface area contributed by atoms with Crippen molar-refractivity contribution >= 4 is 28.1 Å². The van der Waals surface area contributed by atoms with E-state index < -0.39 is 0 Å². The lowest BCUT2D eigenvalue weighted by molar-refractivity contribution is 0.311. The lowest BCUT2D eigenvalue weighted by Crippen LogP contribution is -2.38. The van der Waals surface area contributed by atoms with Gasteiger partial charge in [0.1, 0.15) is 5.69 Å². The number of guanidine groups is 1. The third-order valence-corrected chi connectivity index (χ3v) is 2.62. The highest BCUT2D eigenvalue weighted by Gasteiger charge is 2.19. The van der Waals surface area contributed by atoms with Gasteiger partial charge in [-0.1, -0.05) is 30.3 Å². The van der Waals surface area contributed by atoms with Gasteiger partial charge < -0.3 is 5.73 Å². The molecule has 1 aliphatic heterocycles. The maximum Gasteiger partial charge on any atom is 0.242 e. The summed E-state index contributed by atoms with van der Waals surface area (Å²) in [6, 6.07) is 11.6. The molecule has 1 aliphatic rings. The zero-order valence-corrected chi connectivity index (χ0v) is 8.38. The van der Waals surface area contributed by atoms with Crippen LogP contribution in [-0.4, -0.2) is 11.2 Å². The Morgan fingerprint density at radius 3 is 2.88 bits per heavy atom. The summed E-state index contributed by atoms with van der Waals surface area (Å²) in [6.45, 7) is 0. The molecule has 5 heteroatoms. The molecule has 0 saturated carbocycles. The molecule has 0 saturated heterocycles. The first-order valence-corrected chi connectivity index (χ1v) is 4.87. The number of hydrazone groups is 1. The van der Waals surface area contributed by atoms with Gasteiger partial charge in [0.2, 0.25) is 5.96 Å². The van der Waals surface area contributed by atoms with E-state index in [2.05, 4.69) is 10.5 Å². The fourth-order valence-corrected chi connectivity index (χ4v) is 1.85. The molecule has 80 valence electrons. The molecule has 5 nitrogen and oxygen atoms in total. The average Bonchev–Trinajstić information content (AvgIpc) is 2.33. The Morgan fingerprint density at radius 2 is 2.00 bits per heavy atom. The van der Waals surface area contributed by atoms with Crippen LogP contribution < -0.4 is 16.2 Å². The van der Waals surface area contributed by atoms with Crippen molar-refractivity contribution in [2.45, 2.75) is 0 Å². The second kappa shape index (κ2) is 3.11. The van der Waals surface area contributed by atoms with E-state index >= 15 is 0 Å². The monoisotopic (exact) mass is 214 g/mol. The normalized spacial score (nSPS) is 14.3. The summed E-state index contributed by atoms with van der Waals surface area (Å²) in [4.78, 5) is 0. The Hall–Kier alpha value is -2.27. The van der Waals surface area contributed by atoms with Crippen LogP contribution >= 0.6 is 0 Å². The number of nitrogens with one attached hydrogen (secondary N) is 1. The molecule has 3 rings (SSSR count). The number of hydroxylamine groups is 1. The van der Waals surface area contributed by atoms with E-state index in [9.17, 15) is 5.21 Å². The summed E-state index contributed by atoms with van der Waals surface area (Å²) >= 11 is 0. The molecule has 2 aromatic carbocycles. The SMILES string of the molecule is NC1=NNc2ccc3ccccc3c2N1O. The van der Waals surface area contributed by atoms with Gasteiger partial charge in [0.05, 0.1) is 5.69 Å². The van der Waals surface area contributed by atoms with Crippen LogP contribution in [0.2, 0.25) is 0 Å². The number of nitrogens with zero attached hydrogens (tertiary/aromatic N) is 2. The predicted octanol–water partition coefficient (Wildman–Crippen LogP) is 1.69. The van der Waals surface area contributed by atoms with Crippen LogP contribution in [0.5, 0.6) is 0 Å². The predicted molar refractivity (Wildman–Crippen MR) is 63.5 cm³/mol. The van der Waals surface area contributed by atoms with Crippen LogP contribution in [0.25, 0.3) is 10.8 Å². The molecule has 0 unspecified atom stereocenters. The van der Waals surface area contributed by atoms with Crippen molar-refractivity contribution in [3.05, 3.63) is 36.4 Å². The highest BCUT2D eigenvalue weighted by molar-refractivity contribution is 6.09. The fourth-order valence-electron chi connectivity index (χ4n) is 1.85. The molecule has 0 fully saturated rings. The number of hydrogen-bond donors (Lipinski definition) is 3. The number of nitrogens with two attached hydrogens (primary N) is 1. The number of fused-ring (bicyclic) bond motifs is 3. The van der Waals surface area contributed by atoms with Crippen molar-refractivity contribution < 1.29 is 5.21 Å². The molecule has 2 aromatic rings. The molecule has 0 aromatic heterocycles. The number of rotatable bonds is 0. The summed E-state index contributed by atoms with van der Waals surface area (Å²) in [6.07, 6.45) is 0. The minimum Gasteiger partial charge on any atom is -0.366 e. The van der Waals surface area contributed by atoms with Crippen LogP contribution in [-0.2, 0) is 0 Å². The highest BCUT2D eigenvalue weighted by Crippen LogP contribution is 2.35. The zero-order chi connectivity index (χ0) is 11.1. The van der Waals surface area contributed by atoms with E-state index in [-0.39, 0.29) is 5.96 Å². The Kier molecular flexibility index (Phi) is 1.75. The molecule has 0 radical (unpaired) electrons. The van der Waals surface area contributed by atoms with E-state index in [4.69, 9.17) is 5.73 Å². The van der Waals surface area contributed by atoms with E-state index in [0.29, 0.717) is 5.69 Å². The minimum absolute atomic E-state index is 0.0313. The van der Waals surface area contributed by atoms with Crippen molar-refractivity contribution in [1.82, 2.24) is 0 Å². The third kappa shape index (κ3) is 1.12. The van der Waals surface area contributed by atoms with Crippen molar-refractivity contribution in [3.8, 4) is 0 Å². The van der Waals surface area contributed by atoms with Gasteiger partial charge in [-0.25, -0.2) is 0 Å². The van der Waals surface area contributed by atoms with Crippen LogP contribution in [0.15, 0.2) is 41.5 Å². The molecule has 1 heterocycles. The lowest BCUT2D eigenvalue weighted by atomic mass is 10.1. The van der Waals surface area contributed by atoms with Gasteiger partial charge in [-0.3, -0.25) is 10.6 Å². The van der Waals surface area contributed by atoms with Crippen LogP contribution in [0, 0.1) is 0 Å². The van der Waals surface area contributed by atoms with Crippen molar-refractivity contribution in [3.63, 3.8) is 0 Å². The summed E-state index contributed by atoms with van der Waals surface area (Å²) in [5, 5.41) is 16.5. The van der Waals surface area contributed by atoms with Gasteiger partial charge in [-0.15, -0.1) is 5.10 Å². The van der Waals surface area contributed by atoms with E-state index in [1.165, 1.54) is 0 Å². The second-order valence-corrected chi connectivity index (χ2v) is 3.58. The van der Waals surface area contributed by atoms with Gasteiger partial charge >= 0.3 is 0 Å². The standard InChI is InChI=1S/C11H10N4O/c12-11-14-13-9-6-5-7-3-1-2-4-8(7)10(9)15(11)16/h1-6,13,16H,(H2,12,14). The van der Waals surface area contributed by atoms with E-state index in [1.807, 2.05) is 36.4 Å². The molecule has 16 heavy (non-hydrogen) atoms. The van der Waals surface area contributed by atoms with Crippen LogP contribution in [0.3, 0.4) is 0 Å². The second-order valence-electron chi connectivity index (χ2n) is 3.58. The smallest absolute Gasteiger partial charge is 0.242 e. The Balaban J connectivity index is 2.35. The summed E-state index contributed by atoms with van der Waals surface area (Å²) in [7, 11) is 0. The molecule has 0 bridgehead atoms. The first-order valence-electron chi connectivity index (χ1n) is 4.87. The molecule has 0 amide bonds. The van der Waals surface area contributed by atoms with E-state index in [1.54, 1.807) is 0 Å². The summed E-state index contributed by atoms with van der Waals surface area (Å²) < 4.78 is 0. The molecule has 0 atom stereocenters. The summed E-state index contributed by atoms with van der Waals surface area (Å²) in [5.41, 5.74) is 9.71. The van der Waals surface area contributed by atoms with Crippen LogP contribution in [0.4, 0.5) is 11.4 Å². The fraction of sp³-hybridized carbons (Fsp3) is 0. The third-order valence-electron chi connectivity index (χ3n) is 2.62. The van der Waals surface area contributed by atoms with Crippen molar-refractivity contribution in [2.75, 3.05) is 10.5 Å². The number of anilines is 2. The largest absolute Gasteiger partial charge is 0.366 e. The average molecular weight is 214 g/mol. The molecule has 4 N–H and O–H groups in total. The highest BCUT2D eigenvalue weighted by atomic mass is 16.5. The topological polar surface area (TPSA) is 73.9 Å². The Morgan fingerprint density at radius 1 is 1.19 bits per heavy atom. The summed E-state index contributed by atoms with van der Waals surface area (Å²) in [5.74, 6) is 0.0313. The van der Waals surface area contributed by atoms with Gasteiger partial charge in [0.25, 0.3) is 0 Å². The first kappa shape index (κ1) is 8.99. The Bertz CT molecular complexity index is 594. The van der Waals surface area contributed by atoms with Crippen molar-refractivity contribution in [2.24, 2.45) is 10.8 Å². The molecule has 0 spiro atoms. The maximum absolute atomic E-state index is 9.87. The van der Waals surface area contributed by atoms with Crippen LogP contribution in [0.1, 0.15) is 0 Å². The lowest BCUT2D eigenvalue weighted by Gasteiger charge is -2.24. The Labute approximate surface area is 91.7 Å². The zero-order valence-electron chi connectivity index (χ0n) is 8.38. The first-order chi connectivity index (χ1) is 7.77. The van der Waals surface area contributed by atoms with E-state index in [0.717, 1.165) is 21.5 Å². The molecular weight excluding hydrogens is 204 g/mol. The van der Waals surface area contributed by atoms with Gasteiger partial charge in [-0.2, -0.15) is 5.06 Å². The molecular formula is C11H10N4O. The van der Waals surface area contributed by atoms with Crippen molar-refractivity contribution in [1.29, 1.82) is 0 Å². The number of hydrogen-bond acceptors (Lipinski definition) is 5. The van der Waals surface area contributed by atoms with Gasteiger partial charge in [0.15, 0.2) is 0 Å². The van der Waals surface area contributed by atoms with Gasteiger partial charge in [0, 0.05) is 5.39 Å². The number of benzene rings is 2. The quantitative estimate of drug-likeness (QED) is 0.624. The van der Waals surface area contributed by atoms with Gasteiger partial charge in [-0.05, 0) is 11.5 Å². The molecule has 0 aliphatic carbocycles. The maximum atomic E-state index is 9.87. The minimum atomic E-state index is 0.0313.